The second kappa shape index (κ2) is 10.9. The molecule has 9 nitrogen and oxygen atoms in total. The molecule has 0 radical (unpaired) electrons. The van der Waals surface area contributed by atoms with E-state index in [1.54, 1.807) is 24.3 Å². The van der Waals surface area contributed by atoms with Gasteiger partial charge in [0.2, 0.25) is 0 Å². The van der Waals surface area contributed by atoms with Crippen LogP contribution in [-0.2, 0) is 22.6 Å². The number of pyridine rings is 1. The maximum absolute atomic E-state index is 12.2. The molecule has 9 heteroatoms. The Kier molecular flexibility index (Phi) is 8.30. The molecule has 0 aliphatic carbocycles. The van der Waals surface area contributed by atoms with Crippen LogP contribution in [0.15, 0.2) is 30.3 Å². The van der Waals surface area contributed by atoms with Gasteiger partial charge in [-0.15, -0.1) is 0 Å². The SMILES string of the molecule is CCc1cc(C(C)=O)c(O)cc1OCc1cccc(C(=O)NCCOCC(=O)O)n1. The molecule has 30 heavy (non-hydrogen) atoms. The molecule has 1 heterocycles. The Hall–Kier alpha value is -3.46. The molecule has 0 aliphatic heterocycles. The predicted octanol–water partition coefficient (Wildman–Crippen LogP) is 1.96. The number of benzene rings is 1. The zero-order chi connectivity index (χ0) is 22.1. The number of phenolic OH excluding ortho intramolecular Hbond substituents is 1. The lowest BCUT2D eigenvalue weighted by Crippen LogP contribution is -2.28. The summed E-state index contributed by atoms with van der Waals surface area (Å²) in [5, 5.41) is 21.1. The summed E-state index contributed by atoms with van der Waals surface area (Å²) >= 11 is 0. The standard InChI is InChI=1S/C21H24N2O7/c1-3-14-9-16(13(2)24)18(25)10-19(14)30-11-15-5-4-6-17(23-15)21(28)22-7-8-29-12-20(26)27/h4-6,9-10,25H,3,7-8,11-12H2,1-2H3,(H,22,28)(H,26,27). The van der Waals surface area contributed by atoms with Crippen LogP contribution in [0.5, 0.6) is 11.5 Å². The molecular weight excluding hydrogens is 392 g/mol. The van der Waals surface area contributed by atoms with Gasteiger partial charge in [-0.2, -0.15) is 0 Å². The van der Waals surface area contributed by atoms with E-state index in [1.807, 2.05) is 6.92 Å². The Balaban J connectivity index is 1.99. The highest BCUT2D eigenvalue weighted by atomic mass is 16.5. The fourth-order valence-electron chi connectivity index (χ4n) is 2.63. The number of aryl methyl sites for hydroxylation is 1. The number of ether oxygens (including phenoxy) is 2. The van der Waals surface area contributed by atoms with Crippen LogP contribution in [0.3, 0.4) is 0 Å². The Bertz CT molecular complexity index is 928. The second-order valence-corrected chi connectivity index (χ2v) is 6.39. The van der Waals surface area contributed by atoms with E-state index in [-0.39, 0.29) is 42.5 Å². The third kappa shape index (κ3) is 6.56. The molecule has 1 amide bonds. The van der Waals surface area contributed by atoms with Crippen molar-refractivity contribution >= 4 is 17.7 Å². The van der Waals surface area contributed by atoms with Crippen LogP contribution in [0.25, 0.3) is 0 Å². The minimum atomic E-state index is -1.08. The maximum Gasteiger partial charge on any atom is 0.329 e. The first-order chi connectivity index (χ1) is 14.3. The van der Waals surface area contributed by atoms with Gasteiger partial charge in [0.05, 0.1) is 17.9 Å². The van der Waals surface area contributed by atoms with Gasteiger partial charge >= 0.3 is 5.97 Å². The lowest BCUT2D eigenvalue weighted by Gasteiger charge is -2.13. The van der Waals surface area contributed by atoms with E-state index < -0.39 is 18.5 Å². The lowest BCUT2D eigenvalue weighted by atomic mass is 10.0. The van der Waals surface area contributed by atoms with Crippen molar-refractivity contribution in [2.45, 2.75) is 26.9 Å². The molecule has 1 aromatic carbocycles. The normalized spacial score (nSPS) is 10.5. The fraction of sp³-hybridized carbons (Fsp3) is 0.333. The summed E-state index contributed by atoms with van der Waals surface area (Å²) in [6, 6.07) is 7.92. The molecular formula is C21H24N2O7. The number of carboxylic acids is 1. The number of nitrogens with zero attached hydrogens (tertiary/aromatic N) is 1. The first-order valence-electron chi connectivity index (χ1n) is 9.35. The Morgan fingerprint density at radius 3 is 2.63 bits per heavy atom. The Labute approximate surface area is 173 Å². The molecule has 0 fully saturated rings. The van der Waals surface area contributed by atoms with Crippen molar-refractivity contribution in [1.29, 1.82) is 0 Å². The summed E-state index contributed by atoms with van der Waals surface area (Å²) in [4.78, 5) is 38.4. The van der Waals surface area contributed by atoms with Crippen molar-refractivity contribution < 1.29 is 34.1 Å². The number of ketones is 1. The molecule has 160 valence electrons. The molecule has 0 spiro atoms. The molecule has 0 bridgehead atoms. The molecule has 0 atom stereocenters. The number of aliphatic carboxylic acids is 1. The molecule has 3 N–H and O–H groups in total. The van der Waals surface area contributed by atoms with Gasteiger partial charge in [-0.05, 0) is 37.1 Å². The average molecular weight is 416 g/mol. The van der Waals surface area contributed by atoms with Crippen LogP contribution >= 0.6 is 0 Å². The van der Waals surface area contributed by atoms with Crippen LogP contribution in [0.4, 0.5) is 0 Å². The maximum atomic E-state index is 12.2. The highest BCUT2D eigenvalue weighted by Crippen LogP contribution is 2.29. The predicted molar refractivity (Wildman–Crippen MR) is 107 cm³/mol. The van der Waals surface area contributed by atoms with Gasteiger partial charge in [0.25, 0.3) is 5.91 Å². The topological polar surface area (TPSA) is 135 Å². The van der Waals surface area contributed by atoms with Crippen molar-refractivity contribution in [3.63, 3.8) is 0 Å². The summed E-state index contributed by atoms with van der Waals surface area (Å²) in [6.07, 6.45) is 0.607. The highest BCUT2D eigenvalue weighted by molar-refractivity contribution is 5.97. The molecule has 0 unspecified atom stereocenters. The third-order valence-electron chi connectivity index (χ3n) is 4.11. The lowest BCUT2D eigenvalue weighted by molar-refractivity contribution is -0.142. The van der Waals surface area contributed by atoms with E-state index in [1.165, 1.54) is 13.0 Å². The highest BCUT2D eigenvalue weighted by Gasteiger charge is 2.14. The van der Waals surface area contributed by atoms with Crippen molar-refractivity contribution in [3.05, 3.63) is 52.8 Å². The van der Waals surface area contributed by atoms with E-state index >= 15 is 0 Å². The average Bonchev–Trinajstić information content (AvgIpc) is 2.71. The van der Waals surface area contributed by atoms with Crippen LogP contribution in [-0.4, -0.2) is 52.6 Å². The second-order valence-electron chi connectivity index (χ2n) is 6.39. The van der Waals surface area contributed by atoms with Gasteiger partial charge in [0.1, 0.15) is 30.4 Å². The minimum absolute atomic E-state index is 0.0642. The summed E-state index contributed by atoms with van der Waals surface area (Å²) < 4.78 is 10.6. The number of Topliss-reactive ketones (excluding diaryl/α,β-unsaturated/α-hetero) is 1. The van der Waals surface area contributed by atoms with Crippen molar-refractivity contribution in [1.82, 2.24) is 10.3 Å². The van der Waals surface area contributed by atoms with Crippen LogP contribution in [0.2, 0.25) is 0 Å². The van der Waals surface area contributed by atoms with E-state index in [0.717, 1.165) is 5.56 Å². The molecule has 0 saturated carbocycles. The first-order valence-corrected chi connectivity index (χ1v) is 9.35. The van der Waals surface area contributed by atoms with E-state index in [0.29, 0.717) is 17.9 Å². The van der Waals surface area contributed by atoms with Gasteiger partial charge in [0, 0.05) is 12.6 Å². The number of nitrogens with one attached hydrogen (secondary N) is 1. The number of carboxylic acid groups (broad SMARTS) is 1. The Morgan fingerprint density at radius 1 is 1.20 bits per heavy atom. The zero-order valence-corrected chi connectivity index (χ0v) is 16.8. The number of carbonyl (C=O) groups excluding carboxylic acids is 2. The third-order valence-corrected chi connectivity index (χ3v) is 4.11. The van der Waals surface area contributed by atoms with Gasteiger partial charge in [-0.3, -0.25) is 9.59 Å². The molecule has 1 aromatic heterocycles. The summed E-state index contributed by atoms with van der Waals surface area (Å²) in [5.74, 6) is -1.45. The van der Waals surface area contributed by atoms with E-state index in [2.05, 4.69) is 10.3 Å². The fourth-order valence-corrected chi connectivity index (χ4v) is 2.63. The van der Waals surface area contributed by atoms with Gasteiger partial charge in [-0.25, -0.2) is 9.78 Å². The Morgan fingerprint density at radius 2 is 1.97 bits per heavy atom. The van der Waals surface area contributed by atoms with Crippen molar-refractivity contribution in [2.75, 3.05) is 19.8 Å². The van der Waals surface area contributed by atoms with Crippen LogP contribution in [0, 0.1) is 0 Å². The van der Waals surface area contributed by atoms with Gasteiger partial charge in [-0.1, -0.05) is 13.0 Å². The summed E-state index contributed by atoms with van der Waals surface area (Å²) in [7, 11) is 0. The number of phenols is 1. The largest absolute Gasteiger partial charge is 0.507 e. The molecule has 2 aromatic rings. The van der Waals surface area contributed by atoms with Crippen LogP contribution < -0.4 is 10.1 Å². The van der Waals surface area contributed by atoms with Gasteiger partial charge < -0.3 is 25.0 Å². The van der Waals surface area contributed by atoms with E-state index in [9.17, 15) is 19.5 Å². The number of amides is 1. The quantitative estimate of drug-likeness (QED) is 0.374. The summed E-state index contributed by atoms with van der Waals surface area (Å²) in [5.41, 5.74) is 1.69. The van der Waals surface area contributed by atoms with Crippen molar-refractivity contribution in [3.8, 4) is 11.5 Å². The minimum Gasteiger partial charge on any atom is -0.507 e. The molecule has 0 aliphatic rings. The molecule has 0 saturated heterocycles. The monoisotopic (exact) mass is 416 g/mol. The van der Waals surface area contributed by atoms with Gasteiger partial charge in [0.15, 0.2) is 5.78 Å². The number of aromatic hydroxyl groups is 1. The van der Waals surface area contributed by atoms with Crippen LogP contribution in [0.1, 0.15) is 46.0 Å². The van der Waals surface area contributed by atoms with Crippen molar-refractivity contribution in [2.24, 2.45) is 0 Å². The first kappa shape index (κ1) is 22.8. The zero-order valence-electron chi connectivity index (χ0n) is 16.8. The number of hydrogen-bond acceptors (Lipinski definition) is 7. The molecule has 2 rings (SSSR count). The number of hydrogen-bond donors (Lipinski definition) is 3. The smallest absolute Gasteiger partial charge is 0.329 e. The number of carbonyl (C=O) groups is 3. The number of aromatic nitrogens is 1. The number of rotatable bonds is 11. The van der Waals surface area contributed by atoms with E-state index in [4.69, 9.17) is 14.6 Å². The summed E-state index contributed by atoms with van der Waals surface area (Å²) in [6.45, 7) is 3.15.